The summed E-state index contributed by atoms with van der Waals surface area (Å²) in [5.41, 5.74) is 1.64. The molecule has 0 saturated heterocycles. The molecule has 2 aliphatic rings. The average molecular weight is 632 g/mol. The number of rotatable bonds is 10. The van der Waals surface area contributed by atoms with Gasteiger partial charge in [0.05, 0.1) is 12.1 Å². The van der Waals surface area contributed by atoms with Crippen LogP contribution in [0, 0.1) is 22.2 Å². The molecule has 1 saturated carbocycles. The van der Waals surface area contributed by atoms with E-state index in [4.69, 9.17) is 9.79 Å². The molecule has 2 rings (SSSR count). The molecule has 1 atom stereocenters. The summed E-state index contributed by atoms with van der Waals surface area (Å²) in [7, 11) is 2.20. The van der Waals surface area contributed by atoms with Gasteiger partial charge in [-0.05, 0) is 85.2 Å². The first-order chi connectivity index (χ1) is 20.7. The fraction of sp³-hybridized carbons (Fsp3) is 0.769. The van der Waals surface area contributed by atoms with Crippen molar-refractivity contribution in [2.24, 2.45) is 27.2 Å². The van der Waals surface area contributed by atoms with Crippen LogP contribution in [0.5, 0.6) is 0 Å². The molecule has 262 valence electrons. The summed E-state index contributed by atoms with van der Waals surface area (Å²) in [6, 6.07) is 0.0949. The molecule has 1 N–H and O–H groups in total. The number of hydrogen-bond donors (Lipinski definition) is 1. The highest BCUT2D eigenvalue weighted by atomic mass is 16.4. The molecular weight excluding hydrogens is 558 g/mol. The van der Waals surface area contributed by atoms with E-state index in [2.05, 4.69) is 92.3 Å². The standard InChI is InChI=1S/C34H59N3O2.2C2H6.CH2O/c1-25(14-15-26(2)30(38)39)28(18-20-32(6,7)8)37-24-29(36(12)23-13-19-31(3,4)5)35-34(37)21-16-27(17-22-34)33(9,10)11;3*1-2/h14-15,27-28H,1-2,13,16-24H2,3-12H3,(H,38,39);2*1-2H3;1H2/b15-14-;;;. The summed E-state index contributed by atoms with van der Waals surface area (Å²) in [5.74, 6) is 0.889. The highest BCUT2D eigenvalue weighted by molar-refractivity contribution is 5.89. The zero-order valence-corrected chi connectivity index (χ0v) is 32.1. The largest absolute Gasteiger partial charge is 0.478 e. The van der Waals surface area contributed by atoms with E-state index in [9.17, 15) is 9.90 Å². The summed E-state index contributed by atoms with van der Waals surface area (Å²) in [6.07, 6.45) is 12.3. The maximum atomic E-state index is 11.4. The molecule has 1 heterocycles. The number of hydrogen-bond acceptors (Lipinski definition) is 5. The number of aliphatic carboxylic acids is 1. The minimum Gasteiger partial charge on any atom is -0.478 e. The lowest BCUT2D eigenvalue weighted by Crippen LogP contribution is -2.53. The van der Waals surface area contributed by atoms with Gasteiger partial charge in [0.15, 0.2) is 0 Å². The Hall–Kier alpha value is -2.21. The van der Waals surface area contributed by atoms with Crippen LogP contribution < -0.4 is 0 Å². The smallest absolute Gasteiger partial charge is 0.335 e. The number of carbonyl (C=O) groups excluding carboxylic acids is 1. The van der Waals surface area contributed by atoms with Gasteiger partial charge in [0.2, 0.25) is 0 Å². The van der Waals surface area contributed by atoms with E-state index in [0.717, 1.165) is 50.8 Å². The molecule has 0 bridgehead atoms. The molecule has 0 aromatic heterocycles. The Morgan fingerprint density at radius 2 is 1.44 bits per heavy atom. The topological polar surface area (TPSA) is 73.2 Å². The van der Waals surface area contributed by atoms with Crippen molar-refractivity contribution in [2.45, 2.75) is 153 Å². The Morgan fingerprint density at radius 3 is 1.87 bits per heavy atom. The normalized spacial score (nSPS) is 20.9. The molecule has 1 spiro atoms. The Labute approximate surface area is 279 Å². The Bertz CT molecular complexity index is 951. The lowest BCUT2D eigenvalue weighted by atomic mass is 9.69. The van der Waals surface area contributed by atoms with Crippen LogP contribution in [0.4, 0.5) is 0 Å². The zero-order chi connectivity index (χ0) is 35.8. The molecule has 1 aliphatic heterocycles. The van der Waals surface area contributed by atoms with Gasteiger partial charge in [-0.1, -0.05) is 109 Å². The minimum atomic E-state index is -0.995. The maximum absolute atomic E-state index is 11.4. The average Bonchev–Trinajstić information content (AvgIpc) is 3.31. The Balaban J connectivity index is 0. The molecule has 0 aromatic carbocycles. The molecule has 1 unspecified atom stereocenters. The summed E-state index contributed by atoms with van der Waals surface area (Å²) in [4.78, 5) is 30.0. The molecular formula is C39H73N3O3. The van der Waals surface area contributed by atoms with Crippen molar-refractivity contribution in [3.05, 3.63) is 36.5 Å². The molecule has 1 fully saturated rings. The number of carboxylic acid groups (broad SMARTS) is 1. The molecule has 0 aromatic rings. The van der Waals surface area contributed by atoms with Crippen molar-refractivity contribution in [1.29, 1.82) is 0 Å². The van der Waals surface area contributed by atoms with Gasteiger partial charge in [0, 0.05) is 19.6 Å². The summed E-state index contributed by atoms with van der Waals surface area (Å²) in [6.45, 7) is 40.9. The highest BCUT2D eigenvalue weighted by Crippen LogP contribution is 2.48. The van der Waals surface area contributed by atoms with Gasteiger partial charge in [-0.15, -0.1) is 0 Å². The van der Waals surface area contributed by atoms with Crippen LogP contribution in [0.3, 0.4) is 0 Å². The molecule has 0 amide bonds. The van der Waals surface area contributed by atoms with Crippen molar-refractivity contribution in [1.82, 2.24) is 9.80 Å². The van der Waals surface area contributed by atoms with Gasteiger partial charge in [-0.25, -0.2) is 9.79 Å². The van der Waals surface area contributed by atoms with Crippen molar-refractivity contribution in [3.8, 4) is 0 Å². The van der Waals surface area contributed by atoms with Crippen LogP contribution in [0.25, 0.3) is 0 Å². The molecule has 6 nitrogen and oxygen atoms in total. The number of amidine groups is 1. The Morgan fingerprint density at radius 1 is 0.956 bits per heavy atom. The van der Waals surface area contributed by atoms with Gasteiger partial charge < -0.3 is 14.8 Å². The van der Waals surface area contributed by atoms with Gasteiger partial charge in [-0.2, -0.15) is 0 Å². The lowest BCUT2D eigenvalue weighted by molar-refractivity contribution is -0.132. The third kappa shape index (κ3) is 15.8. The summed E-state index contributed by atoms with van der Waals surface area (Å²) >= 11 is 0. The third-order valence-electron chi connectivity index (χ3n) is 8.80. The van der Waals surface area contributed by atoms with Crippen LogP contribution in [0.2, 0.25) is 0 Å². The minimum absolute atomic E-state index is 0.0862. The number of aliphatic imine (C=N–C) groups is 1. The summed E-state index contributed by atoms with van der Waals surface area (Å²) < 4.78 is 0. The quantitative estimate of drug-likeness (QED) is 0.192. The number of carbonyl (C=O) groups is 2. The van der Waals surface area contributed by atoms with Crippen LogP contribution in [0.15, 0.2) is 41.4 Å². The van der Waals surface area contributed by atoms with Crippen molar-refractivity contribution in [3.63, 3.8) is 0 Å². The monoisotopic (exact) mass is 632 g/mol. The SMILES string of the molecule is C=C(/C=C\C(=C)C(CCC(C)(C)C)N1CC(N(C)CCCC(C)(C)C)=NC12CCC(C(C)(C)C)CC2)C(=O)O.C=O.CC.CC. The van der Waals surface area contributed by atoms with Crippen LogP contribution in [0.1, 0.15) is 141 Å². The number of nitrogens with zero attached hydrogens (tertiary/aromatic N) is 3. The predicted molar refractivity (Wildman–Crippen MR) is 197 cm³/mol. The first kappa shape index (κ1) is 44.9. The third-order valence-corrected chi connectivity index (χ3v) is 8.80. The lowest BCUT2D eigenvalue weighted by Gasteiger charge is -2.48. The van der Waals surface area contributed by atoms with E-state index in [1.54, 1.807) is 6.08 Å². The first-order valence-electron chi connectivity index (χ1n) is 17.4. The van der Waals surface area contributed by atoms with Crippen LogP contribution in [-0.4, -0.2) is 65.3 Å². The van der Waals surface area contributed by atoms with Gasteiger partial charge in [-0.3, -0.25) is 4.90 Å². The van der Waals surface area contributed by atoms with Gasteiger partial charge >= 0.3 is 5.97 Å². The predicted octanol–water partition coefficient (Wildman–Crippen LogP) is 10.2. The van der Waals surface area contributed by atoms with E-state index in [1.165, 1.54) is 25.1 Å². The molecule has 6 heteroatoms. The second kappa shape index (κ2) is 20.1. The zero-order valence-electron chi connectivity index (χ0n) is 32.1. The molecule has 0 radical (unpaired) electrons. The molecule has 1 aliphatic carbocycles. The molecule has 45 heavy (non-hydrogen) atoms. The summed E-state index contributed by atoms with van der Waals surface area (Å²) in [5, 5.41) is 9.35. The maximum Gasteiger partial charge on any atom is 0.335 e. The van der Waals surface area contributed by atoms with E-state index in [0.29, 0.717) is 16.7 Å². The van der Waals surface area contributed by atoms with Crippen molar-refractivity contribution < 1.29 is 14.7 Å². The van der Waals surface area contributed by atoms with Gasteiger partial charge in [0.25, 0.3) is 0 Å². The number of likely N-dealkylation sites (N-methyl/N-ethyl adjacent to an activating group) is 1. The van der Waals surface area contributed by atoms with Crippen molar-refractivity contribution in [2.75, 3.05) is 20.1 Å². The first-order valence-corrected chi connectivity index (χ1v) is 17.4. The fourth-order valence-electron chi connectivity index (χ4n) is 6.07. The van der Waals surface area contributed by atoms with Crippen molar-refractivity contribution >= 4 is 18.6 Å². The van der Waals surface area contributed by atoms with Crippen LogP contribution in [-0.2, 0) is 9.59 Å². The van der Waals surface area contributed by atoms with E-state index < -0.39 is 5.97 Å². The van der Waals surface area contributed by atoms with E-state index in [1.807, 2.05) is 40.6 Å². The van der Waals surface area contributed by atoms with E-state index in [-0.39, 0.29) is 22.7 Å². The fourth-order valence-corrected chi connectivity index (χ4v) is 6.07. The second-order valence-corrected chi connectivity index (χ2v) is 15.7. The van der Waals surface area contributed by atoms with E-state index >= 15 is 0 Å². The van der Waals surface area contributed by atoms with Crippen LogP contribution >= 0.6 is 0 Å². The second-order valence-electron chi connectivity index (χ2n) is 15.7. The Kier molecular flexibility index (Phi) is 20.1. The number of carboxylic acids is 1. The highest BCUT2D eigenvalue weighted by Gasteiger charge is 2.49. The van der Waals surface area contributed by atoms with Gasteiger partial charge in [0.1, 0.15) is 18.3 Å².